The maximum absolute atomic E-state index is 12.9. The first-order valence-electron chi connectivity index (χ1n) is 10.00. The van der Waals surface area contributed by atoms with Crippen molar-refractivity contribution in [3.05, 3.63) is 47.7 Å². The number of likely N-dealkylation sites (tertiary alicyclic amines) is 1. The van der Waals surface area contributed by atoms with Gasteiger partial charge in [0, 0.05) is 44.9 Å². The number of piperidine rings is 1. The van der Waals surface area contributed by atoms with E-state index in [2.05, 4.69) is 20.9 Å². The van der Waals surface area contributed by atoms with Gasteiger partial charge in [-0.05, 0) is 37.5 Å². The minimum atomic E-state index is -0.282. The van der Waals surface area contributed by atoms with Gasteiger partial charge in [0.2, 0.25) is 11.8 Å². The highest BCUT2D eigenvalue weighted by Crippen LogP contribution is 2.28. The third-order valence-electron chi connectivity index (χ3n) is 5.34. The van der Waals surface area contributed by atoms with Crippen LogP contribution in [0.25, 0.3) is 0 Å². The molecule has 3 amide bonds. The second-order valence-electron chi connectivity index (χ2n) is 7.41. The summed E-state index contributed by atoms with van der Waals surface area (Å²) in [6, 6.07) is 9.37. The number of amides is 3. The molecule has 0 atom stereocenters. The van der Waals surface area contributed by atoms with Crippen molar-refractivity contribution in [2.75, 3.05) is 30.8 Å². The highest BCUT2D eigenvalue weighted by molar-refractivity contribution is 5.99. The van der Waals surface area contributed by atoms with Gasteiger partial charge < -0.3 is 20.9 Å². The number of pyridine rings is 1. The number of hydrogen-bond acceptors (Lipinski definition) is 5. The van der Waals surface area contributed by atoms with E-state index < -0.39 is 0 Å². The lowest BCUT2D eigenvalue weighted by Gasteiger charge is -2.30. The Bertz CT molecular complexity index is 952. The molecule has 158 valence electrons. The maximum Gasteiger partial charge on any atom is 0.252 e. The molecule has 0 aliphatic carbocycles. The summed E-state index contributed by atoms with van der Waals surface area (Å²) in [5.74, 6) is -0.125. The van der Waals surface area contributed by atoms with Crippen LogP contribution in [-0.2, 0) is 9.59 Å². The Balaban J connectivity index is 1.82. The molecule has 8 nitrogen and oxygen atoms in total. The summed E-state index contributed by atoms with van der Waals surface area (Å²) in [7, 11) is 1.54. The number of hydrogen-bond donors (Lipinski definition) is 3. The first-order chi connectivity index (χ1) is 14.4. The minimum Gasteiger partial charge on any atom is -0.355 e. The number of benzene rings is 1. The molecular formula is C22H27N5O3. The number of aryl methyl sites for hydroxylation is 1. The molecule has 0 spiro atoms. The van der Waals surface area contributed by atoms with Crippen LogP contribution < -0.4 is 16.0 Å². The molecule has 3 rings (SSSR count). The summed E-state index contributed by atoms with van der Waals surface area (Å²) in [5, 5.41) is 8.75. The number of para-hydroxylation sites is 1. The predicted octanol–water partition coefficient (Wildman–Crippen LogP) is 2.69. The number of nitrogens with zero attached hydrogens (tertiary/aromatic N) is 2. The summed E-state index contributed by atoms with van der Waals surface area (Å²) >= 11 is 0. The summed E-state index contributed by atoms with van der Waals surface area (Å²) in [6.45, 7) is 4.65. The van der Waals surface area contributed by atoms with Crippen LogP contribution in [0.15, 0.2) is 36.5 Å². The fourth-order valence-corrected chi connectivity index (χ4v) is 3.46. The molecule has 1 aliphatic heterocycles. The van der Waals surface area contributed by atoms with E-state index in [1.807, 2.05) is 31.2 Å². The van der Waals surface area contributed by atoms with Gasteiger partial charge in [0.05, 0.1) is 11.3 Å². The molecular weight excluding hydrogens is 382 g/mol. The first kappa shape index (κ1) is 21.3. The molecule has 0 bridgehead atoms. The van der Waals surface area contributed by atoms with E-state index >= 15 is 0 Å². The molecule has 1 saturated heterocycles. The summed E-state index contributed by atoms with van der Waals surface area (Å²) in [6.07, 6.45) is 2.68. The van der Waals surface area contributed by atoms with Crippen molar-refractivity contribution in [2.45, 2.75) is 26.7 Å². The average molecular weight is 409 g/mol. The van der Waals surface area contributed by atoms with Crippen molar-refractivity contribution in [1.82, 2.24) is 15.2 Å². The zero-order valence-corrected chi connectivity index (χ0v) is 17.5. The van der Waals surface area contributed by atoms with Crippen LogP contribution in [0.5, 0.6) is 0 Å². The van der Waals surface area contributed by atoms with Crippen LogP contribution in [0.3, 0.4) is 0 Å². The molecule has 1 aromatic heterocycles. The lowest BCUT2D eigenvalue weighted by molar-refractivity contribution is -0.132. The molecule has 0 unspecified atom stereocenters. The van der Waals surface area contributed by atoms with Gasteiger partial charge in [0.15, 0.2) is 5.82 Å². The first-order valence-corrected chi connectivity index (χ1v) is 10.00. The number of nitrogens with one attached hydrogen (secondary N) is 3. The monoisotopic (exact) mass is 409 g/mol. The van der Waals surface area contributed by atoms with Gasteiger partial charge in [-0.2, -0.15) is 0 Å². The Hall–Kier alpha value is -3.42. The lowest BCUT2D eigenvalue weighted by atomic mass is 9.95. The standard InChI is InChI=1S/C22H27N5O3/c1-14-6-4-5-7-18(14)25-20-19(12-17(13-24-20)21(29)23-3)26-22(30)16-8-10-27(11-9-16)15(2)28/h4-7,12-13,16H,8-11H2,1-3H3,(H,23,29)(H,24,25)(H,26,30). The van der Waals surface area contributed by atoms with Crippen molar-refractivity contribution in [3.63, 3.8) is 0 Å². The van der Waals surface area contributed by atoms with Crippen LogP contribution in [0.4, 0.5) is 17.2 Å². The normalized spacial score (nSPS) is 14.2. The van der Waals surface area contributed by atoms with E-state index in [0.717, 1.165) is 11.3 Å². The van der Waals surface area contributed by atoms with E-state index in [4.69, 9.17) is 0 Å². The zero-order chi connectivity index (χ0) is 21.7. The Morgan fingerprint density at radius 3 is 2.43 bits per heavy atom. The summed E-state index contributed by atoms with van der Waals surface area (Å²) in [5.41, 5.74) is 2.69. The van der Waals surface area contributed by atoms with Crippen molar-refractivity contribution >= 4 is 34.9 Å². The van der Waals surface area contributed by atoms with Crippen LogP contribution in [0.2, 0.25) is 0 Å². The van der Waals surface area contributed by atoms with Gasteiger partial charge in [0.25, 0.3) is 5.91 Å². The van der Waals surface area contributed by atoms with Crippen LogP contribution in [-0.4, -0.2) is 47.7 Å². The van der Waals surface area contributed by atoms with Gasteiger partial charge >= 0.3 is 0 Å². The molecule has 0 saturated carbocycles. The Morgan fingerprint density at radius 2 is 1.80 bits per heavy atom. The molecule has 0 radical (unpaired) electrons. The summed E-state index contributed by atoms with van der Waals surface area (Å²) in [4.78, 5) is 42.6. The Kier molecular flexibility index (Phi) is 6.66. The largest absolute Gasteiger partial charge is 0.355 e. The highest BCUT2D eigenvalue weighted by atomic mass is 16.2. The van der Waals surface area contributed by atoms with E-state index in [-0.39, 0.29) is 23.6 Å². The predicted molar refractivity (Wildman–Crippen MR) is 116 cm³/mol. The Morgan fingerprint density at radius 1 is 1.10 bits per heavy atom. The summed E-state index contributed by atoms with van der Waals surface area (Å²) < 4.78 is 0. The third kappa shape index (κ3) is 4.94. The number of aromatic nitrogens is 1. The second kappa shape index (κ2) is 9.39. The van der Waals surface area contributed by atoms with Crippen molar-refractivity contribution in [2.24, 2.45) is 5.92 Å². The van der Waals surface area contributed by atoms with Gasteiger partial charge in [-0.25, -0.2) is 4.98 Å². The van der Waals surface area contributed by atoms with E-state index in [9.17, 15) is 14.4 Å². The molecule has 1 aliphatic rings. The molecule has 3 N–H and O–H groups in total. The minimum absolute atomic E-state index is 0.0288. The number of rotatable bonds is 5. The second-order valence-corrected chi connectivity index (χ2v) is 7.41. The average Bonchev–Trinajstić information content (AvgIpc) is 2.75. The molecule has 30 heavy (non-hydrogen) atoms. The highest BCUT2D eigenvalue weighted by Gasteiger charge is 2.27. The van der Waals surface area contributed by atoms with Gasteiger partial charge in [0.1, 0.15) is 0 Å². The number of carbonyl (C=O) groups is 3. The maximum atomic E-state index is 12.9. The molecule has 8 heteroatoms. The van der Waals surface area contributed by atoms with E-state index in [1.165, 1.54) is 6.20 Å². The fraction of sp³-hybridized carbons (Fsp3) is 0.364. The zero-order valence-electron chi connectivity index (χ0n) is 17.5. The fourth-order valence-electron chi connectivity index (χ4n) is 3.46. The third-order valence-corrected chi connectivity index (χ3v) is 5.34. The molecule has 1 aromatic carbocycles. The molecule has 2 heterocycles. The number of carbonyl (C=O) groups excluding carboxylic acids is 3. The van der Waals surface area contributed by atoms with Crippen molar-refractivity contribution in [1.29, 1.82) is 0 Å². The van der Waals surface area contributed by atoms with Crippen LogP contribution in [0.1, 0.15) is 35.7 Å². The topological polar surface area (TPSA) is 103 Å². The van der Waals surface area contributed by atoms with Crippen molar-refractivity contribution < 1.29 is 14.4 Å². The van der Waals surface area contributed by atoms with Gasteiger partial charge in [-0.1, -0.05) is 18.2 Å². The van der Waals surface area contributed by atoms with Gasteiger partial charge in [-0.15, -0.1) is 0 Å². The van der Waals surface area contributed by atoms with Gasteiger partial charge in [-0.3, -0.25) is 14.4 Å². The van der Waals surface area contributed by atoms with Crippen molar-refractivity contribution in [3.8, 4) is 0 Å². The Labute approximate surface area is 176 Å². The van der Waals surface area contributed by atoms with E-state index in [1.54, 1.807) is 24.9 Å². The number of anilines is 3. The lowest BCUT2D eigenvalue weighted by Crippen LogP contribution is -2.40. The molecule has 2 aromatic rings. The SMILES string of the molecule is CNC(=O)c1cnc(Nc2ccccc2C)c(NC(=O)C2CCN(C(C)=O)CC2)c1. The van der Waals surface area contributed by atoms with Crippen LogP contribution in [0, 0.1) is 12.8 Å². The van der Waals surface area contributed by atoms with Crippen LogP contribution >= 0.6 is 0 Å². The smallest absolute Gasteiger partial charge is 0.252 e. The molecule has 1 fully saturated rings. The quantitative estimate of drug-likeness (QED) is 0.704. The van der Waals surface area contributed by atoms with E-state index in [0.29, 0.717) is 43.0 Å².